The number of allylic oxidation sites excluding steroid dienone is 4. The van der Waals surface area contributed by atoms with Gasteiger partial charge in [0.15, 0.2) is 5.69 Å². The van der Waals surface area contributed by atoms with Gasteiger partial charge in [0.2, 0.25) is 0 Å². The van der Waals surface area contributed by atoms with Crippen molar-refractivity contribution in [3.63, 3.8) is 0 Å². The van der Waals surface area contributed by atoms with Crippen LogP contribution in [0.5, 0.6) is 0 Å². The Labute approximate surface area is 185 Å². The van der Waals surface area contributed by atoms with Crippen LogP contribution in [0.1, 0.15) is 30.8 Å². The quantitative estimate of drug-likeness (QED) is 0.505. The van der Waals surface area contributed by atoms with Crippen molar-refractivity contribution < 1.29 is 14.3 Å². The molecule has 1 heterocycles. The Hall–Kier alpha value is -2.31. The number of alkyl halides is 1. The first kappa shape index (κ1) is 22.4. The van der Waals surface area contributed by atoms with Crippen LogP contribution in [0.2, 0.25) is 0 Å². The number of benzene rings is 1. The lowest BCUT2D eigenvalue weighted by Crippen LogP contribution is -2.42. The molecular formula is C22H25Cl2N3O3. The van der Waals surface area contributed by atoms with Crippen LogP contribution in [0.15, 0.2) is 47.5 Å². The molecule has 1 amide bonds. The van der Waals surface area contributed by atoms with Crippen molar-refractivity contribution in [1.29, 1.82) is 0 Å². The summed E-state index contributed by atoms with van der Waals surface area (Å²) < 4.78 is 6.62. The molecule has 0 saturated carbocycles. The predicted molar refractivity (Wildman–Crippen MR) is 119 cm³/mol. The van der Waals surface area contributed by atoms with E-state index in [-0.39, 0.29) is 22.9 Å². The number of esters is 1. The molecule has 1 aromatic heterocycles. The minimum Gasteiger partial charge on any atom is -0.467 e. The second kappa shape index (κ2) is 9.67. The maximum Gasteiger partial charge on any atom is 0.328 e. The molecule has 2 aromatic rings. The highest BCUT2D eigenvalue weighted by molar-refractivity contribution is 6.32. The summed E-state index contributed by atoms with van der Waals surface area (Å²) in [6.07, 6.45) is 6.04. The number of nitrogens with zero attached hydrogens (tertiary/aromatic N) is 2. The Morgan fingerprint density at radius 3 is 2.70 bits per heavy atom. The largest absolute Gasteiger partial charge is 0.467 e. The Morgan fingerprint density at radius 2 is 2.03 bits per heavy atom. The normalized spacial score (nSPS) is 19.6. The number of ether oxygens (including phenoxy) is 1. The summed E-state index contributed by atoms with van der Waals surface area (Å²) in [6.45, 7) is 4.45. The third-order valence-corrected chi connectivity index (χ3v) is 5.69. The summed E-state index contributed by atoms with van der Waals surface area (Å²) in [6, 6.07) is 6.76. The molecule has 160 valence electrons. The molecule has 0 aliphatic heterocycles. The highest BCUT2D eigenvalue weighted by Gasteiger charge is 2.27. The van der Waals surface area contributed by atoms with Gasteiger partial charge in [0.1, 0.15) is 6.04 Å². The number of nitrogens with one attached hydrogen (secondary N) is 1. The van der Waals surface area contributed by atoms with Crippen LogP contribution < -0.4 is 5.32 Å². The van der Waals surface area contributed by atoms with Gasteiger partial charge in [-0.15, -0.1) is 11.6 Å². The molecule has 30 heavy (non-hydrogen) atoms. The Balaban J connectivity index is 1.88. The van der Waals surface area contributed by atoms with Gasteiger partial charge >= 0.3 is 5.97 Å². The molecule has 2 unspecified atom stereocenters. The number of methoxy groups -OCH3 is 1. The number of rotatable bonds is 7. The molecule has 0 spiro atoms. The Kier molecular flexibility index (Phi) is 7.21. The number of aromatic nitrogens is 2. The van der Waals surface area contributed by atoms with Crippen molar-refractivity contribution in [1.82, 2.24) is 15.1 Å². The van der Waals surface area contributed by atoms with Crippen molar-refractivity contribution >= 4 is 46.0 Å². The lowest BCUT2D eigenvalue weighted by molar-refractivity contribution is -0.143. The fourth-order valence-electron chi connectivity index (χ4n) is 3.50. The van der Waals surface area contributed by atoms with E-state index in [9.17, 15) is 9.59 Å². The van der Waals surface area contributed by atoms with Crippen LogP contribution in [-0.4, -0.2) is 40.2 Å². The first-order valence-corrected chi connectivity index (χ1v) is 10.7. The zero-order valence-corrected chi connectivity index (χ0v) is 18.7. The van der Waals surface area contributed by atoms with Gasteiger partial charge in [-0.05, 0) is 30.6 Å². The summed E-state index contributed by atoms with van der Waals surface area (Å²) in [4.78, 5) is 25.1. The minimum atomic E-state index is -0.729. The third kappa shape index (κ3) is 5.05. The van der Waals surface area contributed by atoms with Gasteiger partial charge in [-0.25, -0.2) is 4.79 Å². The van der Waals surface area contributed by atoms with E-state index in [2.05, 4.69) is 10.4 Å². The summed E-state index contributed by atoms with van der Waals surface area (Å²) in [5, 5.41) is 8.39. The Bertz CT molecular complexity index is 997. The number of hydrogen-bond donors (Lipinski definition) is 1. The molecule has 8 heteroatoms. The van der Waals surface area contributed by atoms with Crippen LogP contribution in [0.4, 0.5) is 0 Å². The lowest BCUT2D eigenvalue weighted by atomic mass is 10.0. The summed E-state index contributed by atoms with van der Waals surface area (Å²) in [5.74, 6) is -0.688. The maximum atomic E-state index is 13.0. The van der Waals surface area contributed by atoms with E-state index < -0.39 is 17.9 Å². The standard InChI is InChI=1S/C22H25Cl2N3O3/c1-13(2)10-18(22(29)30-3)25-21(28)20-16-6-4-5-7-19(16)27(26-20)12-14-8-9-15(23)11-17(14)24/h4-9,11,13-14,17-18H,10,12H2,1-3H3,(H,25,28)/t14?,17?,18-/m0/s1. The molecule has 6 nitrogen and oxygen atoms in total. The van der Waals surface area contributed by atoms with Gasteiger partial charge in [-0.2, -0.15) is 5.10 Å². The number of carbonyl (C=O) groups excluding carboxylic acids is 2. The first-order chi connectivity index (χ1) is 14.3. The van der Waals surface area contributed by atoms with Gasteiger partial charge in [0.25, 0.3) is 5.91 Å². The van der Waals surface area contributed by atoms with Crippen molar-refractivity contribution in [3.8, 4) is 0 Å². The predicted octanol–water partition coefficient (Wildman–Crippen LogP) is 4.27. The second-order valence-corrected chi connectivity index (χ2v) is 8.69. The minimum absolute atomic E-state index is 0.0165. The van der Waals surface area contributed by atoms with E-state index in [0.717, 1.165) is 5.52 Å². The summed E-state index contributed by atoms with van der Waals surface area (Å²) in [7, 11) is 1.31. The number of para-hydroxylation sites is 1. The van der Waals surface area contributed by atoms with Gasteiger partial charge in [0.05, 0.1) is 18.0 Å². The second-order valence-electron chi connectivity index (χ2n) is 7.75. The molecule has 1 N–H and O–H groups in total. The molecule has 3 atom stereocenters. The van der Waals surface area contributed by atoms with E-state index in [1.54, 1.807) is 10.8 Å². The van der Waals surface area contributed by atoms with E-state index in [1.165, 1.54) is 7.11 Å². The van der Waals surface area contributed by atoms with Crippen LogP contribution in [0, 0.1) is 11.8 Å². The fourth-order valence-corrected chi connectivity index (χ4v) is 4.08. The zero-order valence-electron chi connectivity index (χ0n) is 17.1. The average Bonchev–Trinajstić information content (AvgIpc) is 3.07. The van der Waals surface area contributed by atoms with Crippen molar-refractivity contribution in [2.45, 2.75) is 38.2 Å². The van der Waals surface area contributed by atoms with E-state index >= 15 is 0 Å². The Morgan fingerprint density at radius 1 is 1.30 bits per heavy atom. The van der Waals surface area contributed by atoms with Crippen LogP contribution >= 0.6 is 23.2 Å². The average molecular weight is 450 g/mol. The highest BCUT2D eigenvalue weighted by Crippen LogP contribution is 2.27. The highest BCUT2D eigenvalue weighted by atomic mass is 35.5. The lowest BCUT2D eigenvalue weighted by Gasteiger charge is -2.20. The number of halogens is 2. The molecule has 0 bridgehead atoms. The van der Waals surface area contributed by atoms with Gasteiger partial charge in [-0.1, -0.05) is 49.7 Å². The third-order valence-electron chi connectivity index (χ3n) is 4.99. The number of fused-ring (bicyclic) bond motifs is 1. The fraction of sp³-hybridized carbons (Fsp3) is 0.409. The van der Waals surface area contributed by atoms with Crippen molar-refractivity contribution in [3.05, 3.63) is 53.2 Å². The molecule has 0 radical (unpaired) electrons. The number of carbonyl (C=O) groups is 2. The zero-order chi connectivity index (χ0) is 21.8. The van der Waals surface area contributed by atoms with Gasteiger partial charge in [-0.3, -0.25) is 9.48 Å². The topological polar surface area (TPSA) is 73.2 Å². The van der Waals surface area contributed by atoms with Crippen molar-refractivity contribution in [2.24, 2.45) is 11.8 Å². The van der Waals surface area contributed by atoms with Gasteiger partial charge < -0.3 is 10.1 Å². The number of amides is 1. The maximum absolute atomic E-state index is 13.0. The number of hydrogen-bond acceptors (Lipinski definition) is 4. The van der Waals surface area contributed by atoms with E-state index in [1.807, 2.05) is 50.3 Å². The van der Waals surface area contributed by atoms with E-state index in [0.29, 0.717) is 23.4 Å². The van der Waals surface area contributed by atoms with Gasteiger partial charge in [0, 0.05) is 22.9 Å². The monoisotopic (exact) mass is 449 g/mol. The summed E-state index contributed by atoms with van der Waals surface area (Å²) in [5.41, 5.74) is 1.08. The molecule has 3 rings (SSSR count). The van der Waals surface area contributed by atoms with Crippen LogP contribution in [0.25, 0.3) is 10.9 Å². The van der Waals surface area contributed by atoms with Crippen LogP contribution in [0.3, 0.4) is 0 Å². The molecule has 1 aliphatic carbocycles. The molecule has 0 fully saturated rings. The molecular weight excluding hydrogens is 425 g/mol. The summed E-state index contributed by atoms with van der Waals surface area (Å²) >= 11 is 12.5. The SMILES string of the molecule is COC(=O)[C@H](CC(C)C)NC(=O)c1nn(CC2C=CC(Cl)=CC2Cl)c2ccccc12. The molecule has 1 aromatic carbocycles. The molecule has 0 saturated heterocycles. The van der Waals surface area contributed by atoms with E-state index in [4.69, 9.17) is 27.9 Å². The first-order valence-electron chi connectivity index (χ1n) is 9.84. The van der Waals surface area contributed by atoms with Crippen LogP contribution in [-0.2, 0) is 16.1 Å². The smallest absolute Gasteiger partial charge is 0.328 e. The van der Waals surface area contributed by atoms with Crippen molar-refractivity contribution in [2.75, 3.05) is 7.11 Å². The molecule has 1 aliphatic rings.